The van der Waals surface area contributed by atoms with E-state index < -0.39 is 12.0 Å². The highest BCUT2D eigenvalue weighted by molar-refractivity contribution is 8.16. The Kier molecular flexibility index (Phi) is 4.47. The smallest absolute Gasteiger partial charge is 0.326 e. The van der Waals surface area contributed by atoms with Crippen molar-refractivity contribution in [3.63, 3.8) is 0 Å². The van der Waals surface area contributed by atoms with Crippen molar-refractivity contribution in [2.45, 2.75) is 32.2 Å². The number of carbonyl (C=O) groups is 2. The first-order valence-electron chi connectivity index (χ1n) is 6.31. The third kappa shape index (κ3) is 3.28. The van der Waals surface area contributed by atoms with E-state index in [1.54, 1.807) is 0 Å². The van der Waals surface area contributed by atoms with Gasteiger partial charge >= 0.3 is 5.97 Å². The number of nitrogens with zero attached hydrogens (tertiary/aromatic N) is 2. The van der Waals surface area contributed by atoms with Crippen LogP contribution in [0.2, 0.25) is 0 Å². The summed E-state index contributed by atoms with van der Waals surface area (Å²) in [5.74, 6) is -1.23. The van der Waals surface area contributed by atoms with Crippen LogP contribution in [-0.2, 0) is 9.59 Å². The van der Waals surface area contributed by atoms with Crippen LogP contribution in [0.3, 0.4) is 0 Å². The van der Waals surface area contributed by atoms with Crippen LogP contribution in [0.1, 0.15) is 26.2 Å². The summed E-state index contributed by atoms with van der Waals surface area (Å²) in [5, 5.41) is 14.4. The number of hydrogen-bond donors (Lipinski definition) is 2. The molecule has 1 amide bonds. The monoisotopic (exact) mass is 283 g/mol. The molecule has 0 aromatic heterocycles. The summed E-state index contributed by atoms with van der Waals surface area (Å²) in [6, 6.07) is -0.793. The van der Waals surface area contributed by atoms with Crippen molar-refractivity contribution in [1.82, 2.24) is 10.2 Å². The van der Waals surface area contributed by atoms with Gasteiger partial charge in [-0.25, -0.2) is 4.79 Å². The molecule has 104 valence electrons. The predicted molar refractivity (Wildman–Crippen MR) is 73.8 cm³/mol. The number of hydrogen-bond acceptors (Lipinski definition) is 5. The number of fused-ring (bicyclic) bond motifs is 1. The van der Waals surface area contributed by atoms with Crippen LogP contribution in [0.15, 0.2) is 16.1 Å². The Hall–Kier alpha value is -1.50. The van der Waals surface area contributed by atoms with Gasteiger partial charge in [-0.2, -0.15) is 0 Å². The Bertz CT molecular complexity index is 448. The molecule has 2 heterocycles. The third-order valence-corrected chi connectivity index (χ3v) is 3.95. The zero-order chi connectivity index (χ0) is 13.8. The van der Waals surface area contributed by atoms with E-state index in [4.69, 9.17) is 5.11 Å². The van der Waals surface area contributed by atoms with Crippen LogP contribution < -0.4 is 5.32 Å². The average Bonchev–Trinajstić information content (AvgIpc) is 2.93. The maximum Gasteiger partial charge on any atom is 0.326 e. The second-order valence-corrected chi connectivity index (χ2v) is 5.30. The van der Waals surface area contributed by atoms with Gasteiger partial charge in [0.2, 0.25) is 5.91 Å². The maximum atomic E-state index is 11.9. The van der Waals surface area contributed by atoms with Gasteiger partial charge in [0, 0.05) is 12.2 Å². The zero-order valence-corrected chi connectivity index (χ0v) is 11.6. The minimum atomic E-state index is -0.978. The van der Waals surface area contributed by atoms with E-state index in [0.717, 1.165) is 30.4 Å². The molecule has 7 heteroatoms. The maximum absolute atomic E-state index is 11.9. The molecule has 0 fully saturated rings. The molecule has 0 radical (unpaired) electrons. The molecule has 1 unspecified atom stereocenters. The molecule has 2 N–H and O–H groups in total. The van der Waals surface area contributed by atoms with Crippen molar-refractivity contribution in [2.75, 3.05) is 13.1 Å². The Morgan fingerprint density at radius 2 is 2.42 bits per heavy atom. The Morgan fingerprint density at radius 1 is 1.63 bits per heavy atom. The van der Waals surface area contributed by atoms with Crippen molar-refractivity contribution in [3.8, 4) is 0 Å². The van der Waals surface area contributed by atoms with E-state index in [2.05, 4.69) is 10.3 Å². The predicted octanol–water partition coefficient (Wildman–Crippen LogP) is 1.01. The second kappa shape index (κ2) is 6.10. The van der Waals surface area contributed by atoms with Gasteiger partial charge < -0.3 is 15.3 Å². The van der Waals surface area contributed by atoms with E-state index in [9.17, 15) is 9.59 Å². The molecule has 2 aliphatic rings. The molecule has 0 spiro atoms. The fraction of sp³-hybridized carbons (Fsp3) is 0.583. The van der Waals surface area contributed by atoms with Crippen molar-refractivity contribution >= 4 is 28.8 Å². The van der Waals surface area contributed by atoms with Crippen LogP contribution in [0.25, 0.3) is 0 Å². The fourth-order valence-electron chi connectivity index (χ4n) is 2.07. The molecule has 0 saturated heterocycles. The van der Waals surface area contributed by atoms with E-state index in [-0.39, 0.29) is 12.3 Å². The van der Waals surface area contributed by atoms with Crippen molar-refractivity contribution in [2.24, 2.45) is 4.99 Å². The normalized spacial score (nSPS) is 18.7. The number of carboxylic acids is 1. The summed E-state index contributed by atoms with van der Waals surface area (Å²) in [7, 11) is 0. The van der Waals surface area contributed by atoms with Crippen LogP contribution >= 0.6 is 11.8 Å². The lowest BCUT2D eigenvalue weighted by molar-refractivity contribution is -0.142. The lowest BCUT2D eigenvalue weighted by Gasteiger charge is -2.18. The number of carboxylic acid groups (broad SMARTS) is 1. The van der Waals surface area contributed by atoms with Crippen LogP contribution in [0.5, 0.6) is 0 Å². The molecule has 6 nitrogen and oxygen atoms in total. The summed E-state index contributed by atoms with van der Waals surface area (Å²) < 4.78 is 0. The Labute approximate surface area is 115 Å². The van der Waals surface area contributed by atoms with Gasteiger partial charge in [-0.1, -0.05) is 25.1 Å². The topological polar surface area (TPSA) is 82.0 Å². The number of carbonyl (C=O) groups excluding carboxylic acids is 1. The van der Waals surface area contributed by atoms with Crippen LogP contribution in [0.4, 0.5) is 0 Å². The number of rotatable bonds is 6. The summed E-state index contributed by atoms with van der Waals surface area (Å²) in [6.45, 7) is 3.46. The van der Waals surface area contributed by atoms with Gasteiger partial charge in [0.25, 0.3) is 0 Å². The van der Waals surface area contributed by atoms with Gasteiger partial charge in [0.05, 0.1) is 13.0 Å². The summed E-state index contributed by atoms with van der Waals surface area (Å²) in [4.78, 5) is 29.2. The fourth-order valence-corrected chi connectivity index (χ4v) is 3.02. The minimum absolute atomic E-state index is 0.208. The summed E-state index contributed by atoms with van der Waals surface area (Å²) >= 11 is 1.52. The molecule has 2 rings (SSSR count). The van der Waals surface area contributed by atoms with Gasteiger partial charge in [-0.3, -0.25) is 9.79 Å². The molecule has 0 aromatic rings. The first kappa shape index (κ1) is 13.9. The SMILES string of the molecule is CCCC(NC(=O)CC1=CSC2=NCCN12)C(=O)O. The van der Waals surface area contributed by atoms with Crippen molar-refractivity contribution in [3.05, 3.63) is 11.1 Å². The highest BCUT2D eigenvalue weighted by Crippen LogP contribution is 2.30. The van der Waals surface area contributed by atoms with Gasteiger partial charge in [-0.05, 0) is 11.8 Å². The van der Waals surface area contributed by atoms with Crippen molar-refractivity contribution < 1.29 is 14.7 Å². The number of amidine groups is 1. The molecular weight excluding hydrogens is 266 g/mol. The van der Waals surface area contributed by atoms with E-state index in [0.29, 0.717) is 6.42 Å². The van der Waals surface area contributed by atoms with Gasteiger partial charge in [-0.15, -0.1) is 0 Å². The Balaban J connectivity index is 1.87. The molecule has 0 aliphatic carbocycles. The minimum Gasteiger partial charge on any atom is -0.480 e. The van der Waals surface area contributed by atoms with E-state index >= 15 is 0 Å². The van der Waals surface area contributed by atoms with E-state index in [1.165, 1.54) is 11.8 Å². The largest absolute Gasteiger partial charge is 0.480 e. The number of nitrogens with one attached hydrogen (secondary N) is 1. The molecule has 0 saturated carbocycles. The average molecular weight is 283 g/mol. The standard InChI is InChI=1S/C12H17N3O3S/c1-2-3-9(11(17)18)14-10(16)6-8-7-19-12-13-4-5-15(8)12/h7,9H,2-6H2,1H3,(H,14,16)(H,17,18). The molecule has 0 aromatic carbocycles. The van der Waals surface area contributed by atoms with Gasteiger partial charge in [0.15, 0.2) is 5.17 Å². The van der Waals surface area contributed by atoms with Crippen molar-refractivity contribution in [1.29, 1.82) is 0 Å². The number of amides is 1. The molecule has 1 atom stereocenters. The number of aliphatic imine (C=N–C) groups is 1. The Morgan fingerprint density at radius 3 is 3.11 bits per heavy atom. The second-order valence-electron chi connectivity index (χ2n) is 4.47. The number of thioether (sulfide) groups is 1. The van der Waals surface area contributed by atoms with Crippen LogP contribution in [-0.4, -0.2) is 46.2 Å². The highest BCUT2D eigenvalue weighted by Gasteiger charge is 2.28. The molecule has 0 bridgehead atoms. The highest BCUT2D eigenvalue weighted by atomic mass is 32.2. The van der Waals surface area contributed by atoms with E-state index in [1.807, 2.05) is 17.2 Å². The third-order valence-electron chi connectivity index (χ3n) is 3.00. The zero-order valence-electron chi connectivity index (χ0n) is 10.8. The quantitative estimate of drug-likeness (QED) is 0.760. The lowest BCUT2D eigenvalue weighted by Crippen LogP contribution is -2.41. The van der Waals surface area contributed by atoms with Crippen LogP contribution in [0, 0.1) is 0 Å². The summed E-state index contributed by atoms with van der Waals surface area (Å²) in [5.41, 5.74) is 0.902. The molecule has 2 aliphatic heterocycles. The first-order valence-corrected chi connectivity index (χ1v) is 7.19. The summed E-state index contributed by atoms with van der Waals surface area (Å²) in [6.07, 6.45) is 1.38. The van der Waals surface area contributed by atoms with Gasteiger partial charge in [0.1, 0.15) is 6.04 Å². The molecule has 19 heavy (non-hydrogen) atoms. The first-order chi connectivity index (χ1) is 9.11. The lowest BCUT2D eigenvalue weighted by atomic mass is 10.1. The molecular formula is C12H17N3O3S. The number of aliphatic carboxylic acids is 1.